The monoisotopic (exact) mass is 470 g/mol. The maximum Gasteiger partial charge on any atom is 0.253 e. The fourth-order valence-corrected chi connectivity index (χ4v) is 3.92. The number of piperazine rings is 1. The number of anilines is 2. The van der Waals surface area contributed by atoms with Crippen LogP contribution >= 0.6 is 0 Å². The number of carbonyl (C=O) groups excluding carboxylic acids is 2. The van der Waals surface area contributed by atoms with Gasteiger partial charge in [0, 0.05) is 63.4 Å². The van der Waals surface area contributed by atoms with E-state index in [0.717, 1.165) is 16.9 Å². The molecule has 0 radical (unpaired) electrons. The van der Waals surface area contributed by atoms with E-state index in [4.69, 9.17) is 4.98 Å². The highest BCUT2D eigenvalue weighted by Crippen LogP contribution is 2.24. The van der Waals surface area contributed by atoms with Crippen LogP contribution in [-0.2, 0) is 4.79 Å². The molecule has 0 bridgehead atoms. The molecule has 1 aliphatic heterocycles. The van der Waals surface area contributed by atoms with Crippen molar-refractivity contribution in [1.82, 2.24) is 20.2 Å². The molecular weight excluding hydrogens is 440 g/mol. The number of aromatic nitrogens is 2. The molecule has 2 N–H and O–H groups in total. The van der Waals surface area contributed by atoms with Gasteiger partial charge in [-0.1, -0.05) is 55.1 Å². The third-order valence-electron chi connectivity index (χ3n) is 5.83. The van der Waals surface area contributed by atoms with Crippen molar-refractivity contribution in [2.24, 2.45) is 0 Å². The summed E-state index contributed by atoms with van der Waals surface area (Å²) < 4.78 is 0. The molecule has 0 spiro atoms. The summed E-state index contributed by atoms with van der Waals surface area (Å²) >= 11 is 0. The molecule has 8 heteroatoms. The number of hydrogen-bond donors (Lipinski definition) is 2. The zero-order chi connectivity index (χ0) is 24.6. The van der Waals surface area contributed by atoms with Crippen LogP contribution in [0.1, 0.15) is 22.8 Å². The molecule has 2 aromatic carbocycles. The second-order valence-electron chi connectivity index (χ2n) is 8.32. The molecule has 180 valence electrons. The van der Waals surface area contributed by atoms with Crippen LogP contribution in [0.2, 0.25) is 0 Å². The first-order chi connectivity index (χ1) is 17.0. The maximum atomic E-state index is 12.9. The van der Waals surface area contributed by atoms with Gasteiger partial charge in [-0.15, -0.1) is 0 Å². The van der Waals surface area contributed by atoms with Crippen molar-refractivity contribution < 1.29 is 9.59 Å². The van der Waals surface area contributed by atoms with E-state index in [2.05, 4.69) is 27.1 Å². The summed E-state index contributed by atoms with van der Waals surface area (Å²) in [6.45, 7) is 8.88. The Morgan fingerprint density at radius 3 is 2.34 bits per heavy atom. The van der Waals surface area contributed by atoms with Gasteiger partial charge in [0.15, 0.2) is 5.82 Å². The molecule has 0 aliphatic carbocycles. The lowest BCUT2D eigenvalue weighted by Gasteiger charge is -2.35. The van der Waals surface area contributed by atoms with Crippen LogP contribution in [0.3, 0.4) is 0 Å². The van der Waals surface area contributed by atoms with Gasteiger partial charge in [-0.25, -0.2) is 9.97 Å². The Hall–Kier alpha value is -4.20. The first-order valence-electron chi connectivity index (χ1n) is 11.7. The minimum absolute atomic E-state index is 0.0354. The predicted molar refractivity (Wildman–Crippen MR) is 139 cm³/mol. The van der Waals surface area contributed by atoms with Gasteiger partial charge >= 0.3 is 0 Å². The van der Waals surface area contributed by atoms with Gasteiger partial charge in [-0.2, -0.15) is 0 Å². The highest BCUT2D eigenvalue weighted by molar-refractivity contribution is 5.94. The van der Waals surface area contributed by atoms with Gasteiger partial charge in [-0.05, 0) is 17.7 Å². The smallest absolute Gasteiger partial charge is 0.253 e. The molecule has 4 rings (SSSR count). The number of rotatable bonds is 8. The fraction of sp³-hybridized carbons (Fsp3) is 0.259. The minimum Gasteiger partial charge on any atom is -0.368 e. The lowest BCUT2D eigenvalue weighted by atomic mass is 10.1. The van der Waals surface area contributed by atoms with Gasteiger partial charge in [0.25, 0.3) is 5.91 Å². The van der Waals surface area contributed by atoms with Crippen molar-refractivity contribution in [2.75, 3.05) is 49.5 Å². The topological polar surface area (TPSA) is 90.5 Å². The van der Waals surface area contributed by atoms with Gasteiger partial charge in [0.2, 0.25) is 5.91 Å². The molecular formula is C27H30N6O2. The van der Waals surface area contributed by atoms with Crippen LogP contribution < -0.4 is 15.5 Å². The van der Waals surface area contributed by atoms with Crippen LogP contribution in [0, 0.1) is 0 Å². The number of amides is 2. The van der Waals surface area contributed by atoms with Crippen LogP contribution in [0.5, 0.6) is 0 Å². The van der Waals surface area contributed by atoms with Crippen molar-refractivity contribution in [2.45, 2.75) is 6.92 Å². The Kier molecular flexibility index (Phi) is 7.72. The Bertz CT molecular complexity index is 1170. The first kappa shape index (κ1) is 23.9. The number of benzene rings is 2. The fourth-order valence-electron chi connectivity index (χ4n) is 3.92. The summed E-state index contributed by atoms with van der Waals surface area (Å²) in [5.41, 5.74) is 2.60. The zero-order valence-corrected chi connectivity index (χ0v) is 19.9. The van der Waals surface area contributed by atoms with E-state index in [1.165, 1.54) is 6.92 Å². The van der Waals surface area contributed by atoms with Gasteiger partial charge in [-0.3, -0.25) is 9.59 Å². The highest BCUT2D eigenvalue weighted by atomic mass is 16.2. The molecule has 1 fully saturated rings. The third-order valence-corrected chi connectivity index (χ3v) is 5.83. The normalized spacial score (nSPS) is 13.3. The van der Waals surface area contributed by atoms with Crippen molar-refractivity contribution in [3.05, 3.63) is 78.4 Å². The average Bonchev–Trinajstić information content (AvgIpc) is 2.91. The van der Waals surface area contributed by atoms with E-state index < -0.39 is 0 Å². The van der Waals surface area contributed by atoms with Crippen molar-refractivity contribution >= 4 is 29.5 Å². The Morgan fingerprint density at radius 1 is 0.971 bits per heavy atom. The standard InChI is InChI=1S/C27H30N6O2/c1-3-21-9-11-23(12-10-21)27(35)33-17-15-32(16-18-33)25-19-24(29-14-13-28-20(2)34)30-26(31-25)22-7-5-4-6-8-22/h3-12,19H,1,13-18H2,2H3,(H,28,34)(H,29,30,31). The molecule has 1 aliphatic rings. The summed E-state index contributed by atoms with van der Waals surface area (Å²) in [7, 11) is 0. The summed E-state index contributed by atoms with van der Waals surface area (Å²) in [6.07, 6.45) is 1.77. The number of nitrogens with zero attached hydrogens (tertiary/aromatic N) is 4. The largest absolute Gasteiger partial charge is 0.368 e. The van der Waals surface area contributed by atoms with Crippen LogP contribution in [0.25, 0.3) is 17.5 Å². The van der Waals surface area contributed by atoms with Crippen LogP contribution in [-0.4, -0.2) is 66.0 Å². The molecule has 1 saturated heterocycles. The molecule has 2 heterocycles. The third kappa shape index (κ3) is 6.23. The van der Waals surface area contributed by atoms with E-state index in [1.807, 2.05) is 65.6 Å². The minimum atomic E-state index is -0.0655. The average molecular weight is 471 g/mol. The molecule has 8 nitrogen and oxygen atoms in total. The summed E-state index contributed by atoms with van der Waals surface area (Å²) in [4.78, 5) is 37.7. The molecule has 35 heavy (non-hydrogen) atoms. The van der Waals surface area contributed by atoms with Crippen molar-refractivity contribution in [3.63, 3.8) is 0 Å². The van der Waals surface area contributed by atoms with E-state index in [-0.39, 0.29) is 11.8 Å². The van der Waals surface area contributed by atoms with Crippen LogP contribution in [0.15, 0.2) is 67.2 Å². The Morgan fingerprint density at radius 2 is 1.69 bits per heavy atom. The summed E-state index contributed by atoms with van der Waals surface area (Å²) in [6, 6.07) is 19.3. The van der Waals surface area contributed by atoms with Crippen molar-refractivity contribution in [3.8, 4) is 11.4 Å². The molecule has 3 aromatic rings. The van der Waals surface area contributed by atoms with E-state index in [9.17, 15) is 9.59 Å². The lowest BCUT2D eigenvalue weighted by molar-refractivity contribution is -0.118. The Labute approximate surface area is 205 Å². The van der Waals surface area contributed by atoms with Gasteiger partial charge < -0.3 is 20.4 Å². The summed E-state index contributed by atoms with van der Waals surface area (Å²) in [5, 5.41) is 6.06. The van der Waals surface area contributed by atoms with Gasteiger partial charge in [0.1, 0.15) is 11.6 Å². The number of nitrogens with one attached hydrogen (secondary N) is 2. The maximum absolute atomic E-state index is 12.9. The second-order valence-corrected chi connectivity index (χ2v) is 8.32. The van der Waals surface area contributed by atoms with Crippen LogP contribution in [0.4, 0.5) is 11.6 Å². The zero-order valence-electron chi connectivity index (χ0n) is 19.9. The number of hydrogen-bond acceptors (Lipinski definition) is 6. The van der Waals surface area contributed by atoms with E-state index >= 15 is 0 Å². The van der Waals surface area contributed by atoms with Gasteiger partial charge in [0.05, 0.1) is 0 Å². The predicted octanol–water partition coefficient (Wildman–Crippen LogP) is 3.30. The molecule has 1 aromatic heterocycles. The van der Waals surface area contributed by atoms with E-state index in [0.29, 0.717) is 56.5 Å². The quantitative estimate of drug-likeness (QED) is 0.491. The first-order valence-corrected chi connectivity index (χ1v) is 11.7. The second kappa shape index (κ2) is 11.3. The van der Waals surface area contributed by atoms with Crippen molar-refractivity contribution in [1.29, 1.82) is 0 Å². The SMILES string of the molecule is C=Cc1ccc(C(=O)N2CCN(c3cc(NCCNC(C)=O)nc(-c4ccccc4)n3)CC2)cc1. The highest BCUT2D eigenvalue weighted by Gasteiger charge is 2.23. The summed E-state index contributed by atoms with van der Waals surface area (Å²) in [5.74, 6) is 2.10. The number of carbonyl (C=O) groups is 2. The molecule has 0 atom stereocenters. The molecule has 2 amide bonds. The molecule has 0 unspecified atom stereocenters. The molecule has 0 saturated carbocycles. The van der Waals surface area contributed by atoms with E-state index in [1.54, 1.807) is 6.08 Å². The Balaban J connectivity index is 1.47. The lowest BCUT2D eigenvalue weighted by Crippen LogP contribution is -2.49.